The van der Waals surface area contributed by atoms with Gasteiger partial charge in [-0.1, -0.05) is 5.92 Å². The van der Waals surface area contributed by atoms with E-state index in [1.165, 1.54) is 13.8 Å². The predicted molar refractivity (Wildman–Crippen MR) is 37.1 cm³/mol. The molecule has 0 spiro atoms. The molecule has 2 nitrogen and oxygen atoms in total. The summed E-state index contributed by atoms with van der Waals surface area (Å²) in [4.78, 5) is 10.4. The zero-order chi connectivity index (χ0) is 9.07. The van der Waals surface area contributed by atoms with Crippen LogP contribution >= 0.6 is 0 Å². The lowest BCUT2D eigenvalue weighted by atomic mass is 10.1. The molecule has 0 radical (unpaired) electrons. The summed E-state index contributed by atoms with van der Waals surface area (Å²) >= 11 is 0. The highest BCUT2D eigenvalue weighted by molar-refractivity contribution is 5.80. The summed E-state index contributed by atoms with van der Waals surface area (Å²) in [6.07, 6.45) is 1.93. The third-order valence-corrected chi connectivity index (χ3v) is 0.995. The van der Waals surface area contributed by atoms with Gasteiger partial charge < -0.3 is 5.32 Å². The molecular formula is C7H9F2NO. The van der Waals surface area contributed by atoms with E-state index in [2.05, 4.69) is 5.92 Å². The van der Waals surface area contributed by atoms with Crippen molar-refractivity contribution in [3.63, 3.8) is 0 Å². The van der Waals surface area contributed by atoms with E-state index in [9.17, 15) is 13.6 Å². The Morgan fingerprint density at radius 3 is 2.36 bits per heavy atom. The number of terminal acetylenes is 1. The highest BCUT2D eigenvalue weighted by Crippen LogP contribution is 2.01. The molecule has 0 heterocycles. The maximum atomic E-state index is 11.6. The van der Waals surface area contributed by atoms with Crippen LogP contribution in [0.15, 0.2) is 0 Å². The maximum absolute atomic E-state index is 11.6. The molecule has 0 aromatic rings. The Bertz CT molecular complexity index is 193. The van der Waals surface area contributed by atoms with E-state index in [4.69, 9.17) is 6.42 Å². The van der Waals surface area contributed by atoms with Crippen LogP contribution in [0.3, 0.4) is 0 Å². The van der Waals surface area contributed by atoms with E-state index >= 15 is 0 Å². The molecular weight excluding hydrogens is 152 g/mol. The van der Waals surface area contributed by atoms with Gasteiger partial charge in [0, 0.05) is 0 Å². The Labute approximate surface area is 64.0 Å². The van der Waals surface area contributed by atoms with Crippen molar-refractivity contribution in [2.75, 3.05) is 0 Å². The topological polar surface area (TPSA) is 29.1 Å². The van der Waals surface area contributed by atoms with Crippen molar-refractivity contribution in [2.24, 2.45) is 0 Å². The minimum absolute atomic E-state index is 1.01. The lowest BCUT2D eigenvalue weighted by molar-refractivity contribution is -0.132. The van der Waals surface area contributed by atoms with Crippen molar-refractivity contribution >= 4 is 5.91 Å². The summed E-state index contributed by atoms with van der Waals surface area (Å²) < 4.78 is 23.2. The van der Waals surface area contributed by atoms with Crippen LogP contribution in [0, 0.1) is 12.3 Å². The SMILES string of the molecule is C#CC(C)(C)NC(=O)C(F)F. The third-order valence-electron chi connectivity index (χ3n) is 0.995. The quantitative estimate of drug-likeness (QED) is 0.596. The summed E-state index contributed by atoms with van der Waals surface area (Å²) in [6, 6.07) is 0. The van der Waals surface area contributed by atoms with Crippen LogP contribution in [0.4, 0.5) is 8.78 Å². The predicted octanol–water partition coefficient (Wildman–Crippen LogP) is 0.779. The fourth-order valence-corrected chi connectivity index (χ4v) is 0.399. The number of carbonyl (C=O) groups is 1. The fraction of sp³-hybridized carbons (Fsp3) is 0.571. The van der Waals surface area contributed by atoms with E-state index in [0.29, 0.717) is 0 Å². The second-order valence-corrected chi connectivity index (χ2v) is 2.56. The van der Waals surface area contributed by atoms with Crippen LogP contribution in [0.5, 0.6) is 0 Å². The molecule has 0 aliphatic carbocycles. The first-order valence-electron chi connectivity index (χ1n) is 2.97. The van der Waals surface area contributed by atoms with Crippen LogP contribution in [0.1, 0.15) is 13.8 Å². The summed E-state index contributed by atoms with van der Waals surface area (Å²) in [5, 5.41) is 1.98. The first-order chi connectivity index (χ1) is 4.89. The van der Waals surface area contributed by atoms with Crippen LogP contribution in [-0.2, 0) is 4.79 Å². The lowest BCUT2D eigenvalue weighted by Crippen LogP contribution is -2.44. The van der Waals surface area contributed by atoms with Gasteiger partial charge in [0.05, 0.1) is 5.54 Å². The van der Waals surface area contributed by atoms with Crippen molar-refractivity contribution in [1.82, 2.24) is 5.32 Å². The van der Waals surface area contributed by atoms with Crippen LogP contribution in [-0.4, -0.2) is 17.9 Å². The Hall–Kier alpha value is -1.11. The standard InChI is InChI=1S/C7H9F2NO/c1-4-7(2,3)10-6(11)5(8)9/h1,5H,2-3H3,(H,10,11). The van der Waals surface area contributed by atoms with Gasteiger partial charge in [0.25, 0.3) is 5.91 Å². The van der Waals surface area contributed by atoms with Gasteiger partial charge in [-0.05, 0) is 13.8 Å². The molecule has 4 heteroatoms. The van der Waals surface area contributed by atoms with Gasteiger partial charge in [0.2, 0.25) is 0 Å². The lowest BCUT2D eigenvalue weighted by Gasteiger charge is -2.18. The molecule has 11 heavy (non-hydrogen) atoms. The number of nitrogens with one attached hydrogen (secondary N) is 1. The van der Waals surface area contributed by atoms with Crippen molar-refractivity contribution < 1.29 is 13.6 Å². The third kappa shape index (κ3) is 3.56. The first kappa shape index (κ1) is 9.89. The minimum atomic E-state index is -3.01. The Morgan fingerprint density at radius 2 is 2.09 bits per heavy atom. The van der Waals surface area contributed by atoms with E-state index in [0.717, 1.165) is 0 Å². The van der Waals surface area contributed by atoms with E-state index in [1.807, 2.05) is 5.32 Å². The average Bonchev–Trinajstić information content (AvgIpc) is 1.87. The molecule has 0 saturated heterocycles. The van der Waals surface area contributed by atoms with Gasteiger partial charge >= 0.3 is 6.43 Å². The van der Waals surface area contributed by atoms with Crippen molar-refractivity contribution in [2.45, 2.75) is 25.8 Å². The molecule has 62 valence electrons. The van der Waals surface area contributed by atoms with Gasteiger partial charge in [-0.2, -0.15) is 8.78 Å². The summed E-state index contributed by atoms with van der Waals surface area (Å²) in [7, 11) is 0. The molecule has 0 bridgehead atoms. The molecule has 0 aromatic heterocycles. The Balaban J connectivity index is 4.08. The Kier molecular flexibility index (Phi) is 2.99. The van der Waals surface area contributed by atoms with Gasteiger partial charge in [0.1, 0.15) is 0 Å². The van der Waals surface area contributed by atoms with Crippen LogP contribution in [0.2, 0.25) is 0 Å². The molecule has 0 atom stereocenters. The normalized spacial score (nSPS) is 10.9. The Morgan fingerprint density at radius 1 is 1.64 bits per heavy atom. The van der Waals surface area contributed by atoms with Gasteiger partial charge in [0.15, 0.2) is 0 Å². The van der Waals surface area contributed by atoms with Crippen molar-refractivity contribution in [3.05, 3.63) is 0 Å². The highest BCUT2D eigenvalue weighted by atomic mass is 19.3. The van der Waals surface area contributed by atoms with Gasteiger partial charge in [-0.15, -0.1) is 6.42 Å². The van der Waals surface area contributed by atoms with Crippen molar-refractivity contribution in [1.29, 1.82) is 0 Å². The molecule has 0 aromatic carbocycles. The highest BCUT2D eigenvalue weighted by Gasteiger charge is 2.22. The molecule has 0 rings (SSSR count). The summed E-state index contributed by atoms with van der Waals surface area (Å²) in [5.41, 5.74) is -1.01. The molecule has 1 amide bonds. The summed E-state index contributed by atoms with van der Waals surface area (Å²) in [5.74, 6) is 0.822. The second-order valence-electron chi connectivity index (χ2n) is 2.56. The van der Waals surface area contributed by atoms with Crippen LogP contribution in [0.25, 0.3) is 0 Å². The van der Waals surface area contributed by atoms with Crippen molar-refractivity contribution in [3.8, 4) is 12.3 Å². The number of alkyl halides is 2. The van der Waals surface area contributed by atoms with E-state index in [-0.39, 0.29) is 0 Å². The largest absolute Gasteiger partial charge is 0.335 e. The monoisotopic (exact) mass is 161 g/mol. The van der Waals surface area contributed by atoms with Crippen LogP contribution < -0.4 is 5.32 Å². The first-order valence-corrected chi connectivity index (χ1v) is 2.97. The molecule has 0 fully saturated rings. The number of hydrogen-bond donors (Lipinski definition) is 1. The number of carbonyl (C=O) groups excluding carboxylic acids is 1. The van der Waals surface area contributed by atoms with Gasteiger partial charge in [-0.3, -0.25) is 4.79 Å². The molecule has 0 aliphatic rings. The smallest absolute Gasteiger partial charge is 0.315 e. The number of amides is 1. The molecule has 0 saturated carbocycles. The average molecular weight is 161 g/mol. The second kappa shape index (κ2) is 3.33. The zero-order valence-corrected chi connectivity index (χ0v) is 6.32. The van der Waals surface area contributed by atoms with E-state index in [1.54, 1.807) is 0 Å². The number of rotatable bonds is 2. The number of hydrogen-bond acceptors (Lipinski definition) is 1. The van der Waals surface area contributed by atoms with Gasteiger partial charge in [-0.25, -0.2) is 0 Å². The zero-order valence-electron chi connectivity index (χ0n) is 6.32. The van der Waals surface area contributed by atoms with E-state index < -0.39 is 17.9 Å². The molecule has 1 N–H and O–H groups in total. The minimum Gasteiger partial charge on any atom is -0.335 e. The molecule has 0 aliphatic heterocycles. The summed E-state index contributed by atoms with van der Waals surface area (Å²) in [6.45, 7) is 2.93. The fourth-order valence-electron chi connectivity index (χ4n) is 0.399. The molecule has 0 unspecified atom stereocenters. The maximum Gasteiger partial charge on any atom is 0.315 e. The number of halogens is 2.